The maximum atomic E-state index is 12.6. The number of benzene rings is 1. The van der Waals surface area contributed by atoms with Gasteiger partial charge in [0.25, 0.3) is 5.91 Å². The minimum absolute atomic E-state index is 0.0374. The molecule has 4 rings (SSSR count). The highest BCUT2D eigenvalue weighted by atomic mass is 32.1. The van der Waals surface area contributed by atoms with E-state index in [4.69, 9.17) is 5.21 Å². The molecule has 2 aromatic heterocycles. The van der Waals surface area contributed by atoms with E-state index in [1.54, 1.807) is 31.4 Å². The summed E-state index contributed by atoms with van der Waals surface area (Å²) in [5.74, 6) is -0.0374. The second kappa shape index (κ2) is 6.42. The minimum atomic E-state index is -0.0374. The first-order valence-corrected chi connectivity index (χ1v) is 9.09. The van der Waals surface area contributed by atoms with Crippen LogP contribution >= 0.6 is 11.3 Å². The molecule has 0 atom stereocenters. The van der Waals surface area contributed by atoms with Gasteiger partial charge in [-0.15, -0.1) is 11.3 Å². The van der Waals surface area contributed by atoms with Crippen LogP contribution in [0.1, 0.15) is 27.2 Å². The maximum Gasteiger partial charge on any atom is 0.265 e. The molecule has 0 saturated carbocycles. The van der Waals surface area contributed by atoms with Crippen LogP contribution in [0.4, 0.5) is 11.4 Å². The molecule has 2 heterocycles. The molecule has 0 aliphatic heterocycles. The van der Waals surface area contributed by atoms with E-state index in [0.29, 0.717) is 4.88 Å². The molecule has 0 radical (unpaired) electrons. The van der Waals surface area contributed by atoms with Crippen LogP contribution in [-0.2, 0) is 6.42 Å². The summed E-state index contributed by atoms with van der Waals surface area (Å²) in [7, 11) is 3.50. The molecule has 6 nitrogen and oxygen atoms in total. The summed E-state index contributed by atoms with van der Waals surface area (Å²) < 4.78 is 0.969. The number of oxime groups is 1. The third-order valence-corrected chi connectivity index (χ3v) is 5.66. The number of aryl methyl sites for hydroxylation is 1. The van der Waals surface area contributed by atoms with Crippen molar-refractivity contribution in [1.82, 2.24) is 9.88 Å². The summed E-state index contributed by atoms with van der Waals surface area (Å²) in [5.41, 5.74) is 4.57. The van der Waals surface area contributed by atoms with Gasteiger partial charge in [-0.25, -0.2) is 0 Å². The molecule has 1 aliphatic rings. The molecule has 0 fully saturated rings. The van der Waals surface area contributed by atoms with Crippen LogP contribution in [0, 0.1) is 0 Å². The molecule has 1 aliphatic carbocycles. The molecular weight excluding hydrogens is 348 g/mol. The zero-order valence-electron chi connectivity index (χ0n) is 14.5. The monoisotopic (exact) mass is 366 g/mol. The summed E-state index contributed by atoms with van der Waals surface area (Å²) >= 11 is 1.44. The Labute approximate surface area is 154 Å². The maximum absolute atomic E-state index is 12.6. The first-order valence-electron chi connectivity index (χ1n) is 8.28. The van der Waals surface area contributed by atoms with E-state index in [9.17, 15) is 4.79 Å². The second-order valence-electron chi connectivity index (χ2n) is 6.42. The predicted octanol–water partition coefficient (Wildman–Crippen LogP) is 3.87. The van der Waals surface area contributed by atoms with Crippen LogP contribution in [0.5, 0.6) is 0 Å². The summed E-state index contributed by atoms with van der Waals surface area (Å²) in [5, 5.41) is 16.9. The number of hydrogen-bond acceptors (Lipinski definition) is 6. The molecule has 0 unspecified atom stereocenters. The molecular formula is C19H18N4O2S. The number of nitrogens with one attached hydrogen (secondary N) is 1. The fourth-order valence-corrected chi connectivity index (χ4v) is 4.37. The lowest BCUT2D eigenvalue weighted by Gasteiger charge is -2.13. The lowest BCUT2D eigenvalue weighted by Crippen LogP contribution is -2.21. The number of carbonyl (C=O) groups excluding carboxylic acids is 1. The number of carbonyl (C=O) groups is 1. The van der Waals surface area contributed by atoms with Gasteiger partial charge in [0.1, 0.15) is 4.88 Å². The third-order valence-electron chi connectivity index (χ3n) is 4.53. The highest BCUT2D eigenvalue weighted by molar-refractivity contribution is 7.21. The average Bonchev–Trinajstić information content (AvgIpc) is 3.22. The highest BCUT2D eigenvalue weighted by Gasteiger charge is 2.22. The van der Waals surface area contributed by atoms with Crippen LogP contribution in [0.3, 0.4) is 0 Å². The number of thiophene rings is 1. The fraction of sp³-hybridized carbons (Fsp3) is 0.211. The van der Waals surface area contributed by atoms with Crippen molar-refractivity contribution >= 4 is 44.4 Å². The Hall–Kier alpha value is -2.93. The van der Waals surface area contributed by atoms with E-state index in [2.05, 4.69) is 21.5 Å². The SMILES string of the molecule is CN(C)C(=O)c1sc2cnccc2c1Nc1ccc2c(c1)CC/C2=N\O. The number of amides is 1. The topological polar surface area (TPSA) is 77.8 Å². The Kier molecular flexibility index (Phi) is 4.08. The van der Waals surface area contributed by atoms with Gasteiger partial charge >= 0.3 is 0 Å². The second-order valence-corrected chi connectivity index (χ2v) is 7.47. The molecule has 0 bridgehead atoms. The summed E-state index contributed by atoms with van der Waals surface area (Å²) in [6.07, 6.45) is 5.11. The van der Waals surface area contributed by atoms with Crippen LogP contribution in [0.25, 0.3) is 10.1 Å². The first kappa shape index (κ1) is 16.5. The normalized spacial score (nSPS) is 14.6. The van der Waals surface area contributed by atoms with Crippen molar-refractivity contribution in [2.75, 3.05) is 19.4 Å². The van der Waals surface area contributed by atoms with Crippen LogP contribution in [-0.4, -0.2) is 40.8 Å². The lowest BCUT2D eigenvalue weighted by molar-refractivity contribution is 0.0833. The quantitative estimate of drug-likeness (QED) is 0.545. The van der Waals surface area contributed by atoms with E-state index >= 15 is 0 Å². The van der Waals surface area contributed by atoms with Gasteiger partial charge in [-0.1, -0.05) is 11.2 Å². The lowest BCUT2D eigenvalue weighted by atomic mass is 10.1. The summed E-state index contributed by atoms with van der Waals surface area (Å²) in [6.45, 7) is 0. The van der Waals surface area contributed by atoms with Gasteiger partial charge in [-0.3, -0.25) is 9.78 Å². The smallest absolute Gasteiger partial charge is 0.265 e. The van der Waals surface area contributed by atoms with E-state index in [1.807, 2.05) is 18.2 Å². The zero-order chi connectivity index (χ0) is 18.3. The number of hydrogen-bond donors (Lipinski definition) is 2. The Morgan fingerprint density at radius 3 is 2.92 bits per heavy atom. The van der Waals surface area contributed by atoms with Gasteiger partial charge in [0.15, 0.2) is 0 Å². The number of fused-ring (bicyclic) bond motifs is 2. The van der Waals surface area contributed by atoms with Crippen molar-refractivity contribution in [3.8, 4) is 0 Å². The molecule has 2 N–H and O–H groups in total. The predicted molar refractivity (Wildman–Crippen MR) is 104 cm³/mol. The van der Waals surface area contributed by atoms with Crippen molar-refractivity contribution in [2.45, 2.75) is 12.8 Å². The van der Waals surface area contributed by atoms with Gasteiger partial charge < -0.3 is 15.4 Å². The molecule has 132 valence electrons. The van der Waals surface area contributed by atoms with Crippen molar-refractivity contribution in [1.29, 1.82) is 0 Å². The fourth-order valence-electron chi connectivity index (χ4n) is 3.22. The first-order chi connectivity index (χ1) is 12.6. The van der Waals surface area contributed by atoms with Crippen LogP contribution in [0.2, 0.25) is 0 Å². The zero-order valence-corrected chi connectivity index (χ0v) is 15.3. The van der Waals surface area contributed by atoms with Gasteiger partial charge in [0.2, 0.25) is 0 Å². The molecule has 3 aromatic rings. The van der Waals surface area contributed by atoms with Gasteiger partial charge in [-0.2, -0.15) is 0 Å². The van der Waals surface area contributed by atoms with E-state index in [1.165, 1.54) is 11.3 Å². The number of rotatable bonds is 3. The van der Waals surface area contributed by atoms with Crippen molar-refractivity contribution < 1.29 is 10.0 Å². The summed E-state index contributed by atoms with van der Waals surface area (Å²) in [4.78, 5) is 19.0. The number of nitrogens with zero attached hydrogens (tertiary/aromatic N) is 3. The van der Waals surface area contributed by atoms with Crippen molar-refractivity contribution in [2.24, 2.45) is 5.16 Å². The van der Waals surface area contributed by atoms with Crippen molar-refractivity contribution in [3.05, 3.63) is 52.7 Å². The van der Waals surface area contributed by atoms with Gasteiger partial charge in [0, 0.05) is 43.1 Å². The van der Waals surface area contributed by atoms with E-state index < -0.39 is 0 Å². The van der Waals surface area contributed by atoms with Crippen molar-refractivity contribution in [3.63, 3.8) is 0 Å². The van der Waals surface area contributed by atoms with E-state index in [0.717, 1.165) is 51.1 Å². The molecule has 1 aromatic carbocycles. The Bertz CT molecular complexity index is 1040. The van der Waals surface area contributed by atoms with Gasteiger partial charge in [0.05, 0.1) is 16.1 Å². The highest BCUT2D eigenvalue weighted by Crippen LogP contribution is 2.38. The Morgan fingerprint density at radius 2 is 2.15 bits per heavy atom. The number of aromatic nitrogens is 1. The Balaban J connectivity index is 1.78. The number of pyridine rings is 1. The third kappa shape index (κ3) is 2.70. The minimum Gasteiger partial charge on any atom is -0.411 e. The average molecular weight is 366 g/mol. The molecule has 0 spiro atoms. The molecule has 1 amide bonds. The largest absolute Gasteiger partial charge is 0.411 e. The van der Waals surface area contributed by atoms with E-state index in [-0.39, 0.29) is 5.91 Å². The van der Waals surface area contributed by atoms with Gasteiger partial charge in [-0.05, 0) is 36.6 Å². The van der Waals surface area contributed by atoms with Crippen LogP contribution in [0.15, 0.2) is 41.8 Å². The molecule has 0 saturated heterocycles. The van der Waals surface area contributed by atoms with Crippen LogP contribution < -0.4 is 5.32 Å². The standard InChI is InChI=1S/C19H18N4O2S/c1-23(2)19(24)18-17(14-7-8-20-10-16(14)26-18)21-12-4-5-13-11(9-12)3-6-15(13)22-25/h4-5,7-10,21,25H,3,6H2,1-2H3/b22-15+. The Morgan fingerprint density at radius 1 is 1.31 bits per heavy atom. The molecule has 26 heavy (non-hydrogen) atoms. The summed E-state index contributed by atoms with van der Waals surface area (Å²) in [6, 6.07) is 7.89. The number of anilines is 2. The molecule has 7 heteroatoms.